The second-order valence-electron chi connectivity index (χ2n) is 8.68. The predicted octanol–water partition coefficient (Wildman–Crippen LogP) is 4.83. The summed E-state index contributed by atoms with van der Waals surface area (Å²) in [6.07, 6.45) is 1.69. The highest BCUT2D eigenvalue weighted by molar-refractivity contribution is 7.91. The van der Waals surface area contributed by atoms with Crippen molar-refractivity contribution in [2.75, 3.05) is 17.8 Å². The van der Waals surface area contributed by atoms with Gasteiger partial charge in [-0.05, 0) is 66.6 Å². The molecule has 4 rings (SSSR count). The zero-order valence-electron chi connectivity index (χ0n) is 19.1. The first-order chi connectivity index (χ1) is 16.3. The Bertz CT molecular complexity index is 1310. The summed E-state index contributed by atoms with van der Waals surface area (Å²) in [4.78, 5) is 15.1. The Morgan fingerprint density at radius 1 is 1.03 bits per heavy atom. The standard InChI is InChI=1S/C27H27N3O3S/c1-20-7-12-25(29-34(32,33)19-22-5-3-2-4-6-22)17-26(20)27(31)30-15-13-24(14-16-30)23-10-8-21(18-28)9-11-23/h2-12,17,24,29H,13-16,19H2,1H3. The topological polar surface area (TPSA) is 90.3 Å². The maximum absolute atomic E-state index is 13.3. The van der Waals surface area contributed by atoms with E-state index in [0.29, 0.717) is 41.4 Å². The molecule has 1 saturated heterocycles. The summed E-state index contributed by atoms with van der Waals surface area (Å²) in [7, 11) is -3.61. The van der Waals surface area contributed by atoms with Gasteiger partial charge in [0.25, 0.3) is 5.91 Å². The highest BCUT2D eigenvalue weighted by Crippen LogP contribution is 2.29. The molecule has 6 nitrogen and oxygen atoms in total. The molecule has 1 N–H and O–H groups in total. The van der Waals surface area contributed by atoms with Crippen molar-refractivity contribution < 1.29 is 13.2 Å². The molecule has 0 unspecified atom stereocenters. The molecular formula is C27H27N3O3S. The van der Waals surface area contributed by atoms with Crippen molar-refractivity contribution in [3.05, 3.63) is 101 Å². The number of hydrogen-bond donors (Lipinski definition) is 1. The van der Waals surface area contributed by atoms with E-state index in [1.807, 2.05) is 42.2 Å². The first-order valence-electron chi connectivity index (χ1n) is 11.3. The molecule has 0 aromatic heterocycles. The van der Waals surface area contributed by atoms with Gasteiger partial charge < -0.3 is 4.90 Å². The Labute approximate surface area is 200 Å². The van der Waals surface area contributed by atoms with Crippen LogP contribution in [0, 0.1) is 18.3 Å². The molecule has 0 atom stereocenters. The lowest BCUT2D eigenvalue weighted by Gasteiger charge is -2.32. The van der Waals surface area contributed by atoms with E-state index in [4.69, 9.17) is 5.26 Å². The van der Waals surface area contributed by atoms with Gasteiger partial charge in [0, 0.05) is 24.3 Å². The van der Waals surface area contributed by atoms with Crippen molar-refractivity contribution in [2.45, 2.75) is 31.4 Å². The molecule has 34 heavy (non-hydrogen) atoms. The molecule has 3 aromatic rings. The predicted molar refractivity (Wildman–Crippen MR) is 133 cm³/mol. The second kappa shape index (κ2) is 10.1. The number of nitriles is 1. The lowest BCUT2D eigenvalue weighted by atomic mass is 9.88. The van der Waals surface area contributed by atoms with E-state index in [9.17, 15) is 13.2 Å². The zero-order chi connectivity index (χ0) is 24.1. The highest BCUT2D eigenvalue weighted by atomic mass is 32.2. The first kappa shape index (κ1) is 23.5. The van der Waals surface area contributed by atoms with Gasteiger partial charge >= 0.3 is 0 Å². The fraction of sp³-hybridized carbons (Fsp3) is 0.259. The average molecular weight is 474 g/mol. The number of amides is 1. The number of nitrogens with zero attached hydrogens (tertiary/aromatic N) is 2. The van der Waals surface area contributed by atoms with E-state index in [2.05, 4.69) is 10.8 Å². The molecule has 1 amide bonds. The summed E-state index contributed by atoms with van der Waals surface area (Å²) in [6, 6.07) is 23.9. The summed E-state index contributed by atoms with van der Waals surface area (Å²) in [6.45, 7) is 3.12. The Morgan fingerprint density at radius 2 is 1.71 bits per heavy atom. The van der Waals surface area contributed by atoms with E-state index >= 15 is 0 Å². The van der Waals surface area contributed by atoms with E-state index in [-0.39, 0.29) is 11.7 Å². The van der Waals surface area contributed by atoms with Crippen molar-refractivity contribution >= 4 is 21.6 Å². The van der Waals surface area contributed by atoms with Gasteiger partial charge in [0.05, 0.1) is 17.4 Å². The number of hydrogen-bond acceptors (Lipinski definition) is 4. The van der Waals surface area contributed by atoms with Crippen LogP contribution in [-0.4, -0.2) is 32.3 Å². The number of carbonyl (C=O) groups excluding carboxylic acids is 1. The fourth-order valence-electron chi connectivity index (χ4n) is 4.34. The van der Waals surface area contributed by atoms with Gasteiger partial charge in [0.2, 0.25) is 10.0 Å². The van der Waals surface area contributed by atoms with Crippen LogP contribution >= 0.6 is 0 Å². The number of benzene rings is 3. The lowest BCUT2D eigenvalue weighted by Crippen LogP contribution is -2.38. The highest BCUT2D eigenvalue weighted by Gasteiger charge is 2.26. The van der Waals surface area contributed by atoms with Crippen molar-refractivity contribution in [1.82, 2.24) is 4.90 Å². The van der Waals surface area contributed by atoms with Gasteiger partial charge in [-0.1, -0.05) is 48.5 Å². The Morgan fingerprint density at radius 3 is 2.35 bits per heavy atom. The third-order valence-electron chi connectivity index (χ3n) is 6.23. The van der Waals surface area contributed by atoms with Gasteiger partial charge in [-0.25, -0.2) is 8.42 Å². The van der Waals surface area contributed by atoms with E-state index in [0.717, 1.165) is 18.4 Å². The molecule has 0 aliphatic carbocycles. The lowest BCUT2D eigenvalue weighted by molar-refractivity contribution is 0.0712. The minimum Gasteiger partial charge on any atom is -0.339 e. The molecule has 0 saturated carbocycles. The van der Waals surface area contributed by atoms with Crippen LogP contribution in [0.4, 0.5) is 5.69 Å². The number of nitrogens with one attached hydrogen (secondary N) is 1. The molecule has 3 aromatic carbocycles. The number of aryl methyl sites for hydroxylation is 1. The largest absolute Gasteiger partial charge is 0.339 e. The van der Waals surface area contributed by atoms with E-state index < -0.39 is 10.0 Å². The first-order valence-corrected chi connectivity index (χ1v) is 12.9. The van der Waals surface area contributed by atoms with Crippen LogP contribution < -0.4 is 4.72 Å². The fourth-order valence-corrected chi connectivity index (χ4v) is 5.53. The molecule has 174 valence electrons. The molecule has 0 spiro atoms. The third-order valence-corrected chi connectivity index (χ3v) is 7.49. The summed E-state index contributed by atoms with van der Waals surface area (Å²) >= 11 is 0. The Hall–Kier alpha value is -3.63. The Kier molecular flexibility index (Phi) is 6.99. The molecule has 0 radical (unpaired) electrons. The summed E-state index contributed by atoms with van der Waals surface area (Å²) in [5, 5.41) is 8.98. The van der Waals surface area contributed by atoms with Gasteiger partial charge in [-0.2, -0.15) is 5.26 Å². The van der Waals surface area contributed by atoms with E-state index in [1.165, 1.54) is 5.56 Å². The van der Waals surface area contributed by atoms with Gasteiger partial charge in [-0.3, -0.25) is 9.52 Å². The molecule has 0 bridgehead atoms. The third kappa shape index (κ3) is 5.64. The number of sulfonamides is 1. The van der Waals surface area contributed by atoms with Crippen molar-refractivity contribution in [3.8, 4) is 6.07 Å². The average Bonchev–Trinajstić information content (AvgIpc) is 2.85. The van der Waals surface area contributed by atoms with Crippen LogP contribution in [0.3, 0.4) is 0 Å². The van der Waals surface area contributed by atoms with E-state index in [1.54, 1.807) is 42.5 Å². The summed E-state index contributed by atoms with van der Waals surface area (Å²) in [5.74, 6) is 0.141. The quantitative estimate of drug-likeness (QED) is 0.555. The normalized spacial score (nSPS) is 14.4. The SMILES string of the molecule is Cc1ccc(NS(=O)(=O)Cc2ccccc2)cc1C(=O)N1CCC(c2ccc(C#N)cc2)CC1. The maximum atomic E-state index is 13.3. The number of anilines is 1. The van der Waals surface area contributed by atoms with Gasteiger partial charge in [-0.15, -0.1) is 0 Å². The number of rotatable bonds is 6. The smallest absolute Gasteiger partial charge is 0.254 e. The molecule has 1 fully saturated rings. The van der Waals surface area contributed by atoms with Crippen LogP contribution in [0.2, 0.25) is 0 Å². The maximum Gasteiger partial charge on any atom is 0.254 e. The van der Waals surface area contributed by atoms with Crippen molar-refractivity contribution in [1.29, 1.82) is 5.26 Å². The molecule has 1 heterocycles. The minimum atomic E-state index is -3.61. The second-order valence-corrected chi connectivity index (χ2v) is 10.4. The number of piperidine rings is 1. The van der Waals surface area contributed by atoms with Gasteiger partial charge in [0.1, 0.15) is 0 Å². The Balaban J connectivity index is 1.42. The van der Waals surface area contributed by atoms with Crippen LogP contribution in [0.5, 0.6) is 0 Å². The monoisotopic (exact) mass is 473 g/mol. The summed E-state index contributed by atoms with van der Waals surface area (Å²) in [5.41, 5.74) is 4.24. The molecule has 7 heteroatoms. The van der Waals surface area contributed by atoms with Crippen LogP contribution in [0.25, 0.3) is 0 Å². The molecule has 1 aliphatic heterocycles. The van der Waals surface area contributed by atoms with Crippen LogP contribution in [-0.2, 0) is 15.8 Å². The summed E-state index contributed by atoms with van der Waals surface area (Å²) < 4.78 is 27.9. The van der Waals surface area contributed by atoms with Crippen LogP contribution in [0.15, 0.2) is 72.8 Å². The minimum absolute atomic E-state index is 0.0834. The molecular weight excluding hydrogens is 446 g/mol. The van der Waals surface area contributed by atoms with Crippen molar-refractivity contribution in [3.63, 3.8) is 0 Å². The number of likely N-dealkylation sites (tertiary alicyclic amines) is 1. The van der Waals surface area contributed by atoms with Crippen LogP contribution in [0.1, 0.15) is 51.4 Å². The zero-order valence-corrected chi connectivity index (χ0v) is 19.9. The van der Waals surface area contributed by atoms with Gasteiger partial charge in [0.15, 0.2) is 0 Å². The number of carbonyl (C=O) groups is 1. The molecule has 1 aliphatic rings. The van der Waals surface area contributed by atoms with Crippen molar-refractivity contribution in [2.24, 2.45) is 0 Å².